The minimum atomic E-state index is -0.375. The number of methoxy groups -OCH3 is 1. The number of esters is 1. The smallest absolute Gasteiger partial charge is 0.348 e. The second kappa shape index (κ2) is 8.70. The first-order valence-corrected chi connectivity index (χ1v) is 9.63. The second-order valence-electron chi connectivity index (χ2n) is 7.50. The van der Waals surface area contributed by atoms with Crippen molar-refractivity contribution in [3.63, 3.8) is 0 Å². The van der Waals surface area contributed by atoms with Gasteiger partial charge in [0.05, 0.1) is 25.2 Å². The van der Waals surface area contributed by atoms with Crippen molar-refractivity contribution in [2.24, 2.45) is 11.3 Å². The highest BCUT2D eigenvalue weighted by Crippen LogP contribution is 2.26. The Morgan fingerprint density at radius 3 is 2.58 bits per heavy atom. The summed E-state index contributed by atoms with van der Waals surface area (Å²) in [5.74, 6) is 5.83. The molecule has 1 aromatic rings. The molecule has 0 radical (unpaired) electrons. The number of rotatable bonds is 4. The molecule has 0 N–H and O–H groups in total. The third kappa shape index (κ3) is 5.58. The van der Waals surface area contributed by atoms with Crippen molar-refractivity contribution >= 4 is 23.2 Å². The third-order valence-corrected chi connectivity index (χ3v) is 5.08. The van der Waals surface area contributed by atoms with Crippen LogP contribution in [0.25, 0.3) is 0 Å². The fourth-order valence-electron chi connectivity index (χ4n) is 2.67. The molecule has 0 aromatic carbocycles. The predicted molar refractivity (Wildman–Crippen MR) is 102 cm³/mol. The molecule has 1 aliphatic heterocycles. The lowest BCUT2D eigenvalue weighted by molar-refractivity contribution is -0.139. The van der Waals surface area contributed by atoms with Crippen LogP contribution in [0.15, 0.2) is 6.07 Å². The van der Waals surface area contributed by atoms with E-state index in [2.05, 4.69) is 11.8 Å². The average molecular weight is 378 g/mol. The molecule has 0 spiro atoms. The van der Waals surface area contributed by atoms with Gasteiger partial charge in [0.1, 0.15) is 4.88 Å². The van der Waals surface area contributed by atoms with Crippen LogP contribution < -0.4 is 0 Å². The van der Waals surface area contributed by atoms with Gasteiger partial charge in [0.15, 0.2) is 0 Å². The molecule has 1 fully saturated rings. The number of amides is 1. The minimum Gasteiger partial charge on any atom is -0.465 e. The number of hydrogen-bond donors (Lipinski definition) is 0. The molecule has 1 amide bonds. The first kappa shape index (κ1) is 20.5. The highest BCUT2D eigenvalue weighted by molar-refractivity contribution is 7.14. The van der Waals surface area contributed by atoms with E-state index in [1.165, 1.54) is 18.4 Å². The van der Waals surface area contributed by atoms with Gasteiger partial charge in [0, 0.05) is 24.4 Å². The summed E-state index contributed by atoms with van der Waals surface area (Å²) in [5, 5.41) is 0. The third-order valence-electron chi connectivity index (χ3n) is 4.01. The molecule has 1 aromatic heterocycles. The summed E-state index contributed by atoms with van der Waals surface area (Å²) >= 11 is 1.33. The van der Waals surface area contributed by atoms with Gasteiger partial charge < -0.3 is 14.4 Å². The summed E-state index contributed by atoms with van der Waals surface area (Å²) < 4.78 is 10.2. The largest absolute Gasteiger partial charge is 0.465 e. The van der Waals surface area contributed by atoms with Crippen molar-refractivity contribution in [3.8, 4) is 11.8 Å². The Hall–Kier alpha value is -1.84. The molecule has 2 heterocycles. The van der Waals surface area contributed by atoms with Gasteiger partial charge in [0.25, 0.3) is 0 Å². The van der Waals surface area contributed by atoms with Gasteiger partial charge in [-0.3, -0.25) is 4.79 Å². The number of ether oxygens (including phenoxy) is 2. The van der Waals surface area contributed by atoms with E-state index >= 15 is 0 Å². The molecular weight excluding hydrogens is 350 g/mol. The molecule has 0 aliphatic carbocycles. The van der Waals surface area contributed by atoms with Gasteiger partial charge in [-0.05, 0) is 38.8 Å². The zero-order valence-corrected chi connectivity index (χ0v) is 17.0. The molecule has 0 bridgehead atoms. The lowest BCUT2D eigenvalue weighted by Crippen LogP contribution is -2.43. The van der Waals surface area contributed by atoms with Crippen LogP contribution in [0.5, 0.6) is 0 Å². The monoisotopic (exact) mass is 377 g/mol. The van der Waals surface area contributed by atoms with Crippen LogP contribution in [0.3, 0.4) is 0 Å². The maximum atomic E-state index is 12.6. The zero-order chi connectivity index (χ0) is 19.3. The molecule has 6 heteroatoms. The van der Waals surface area contributed by atoms with Crippen molar-refractivity contribution in [1.82, 2.24) is 4.90 Å². The standard InChI is InChI=1S/C20H27NO4S/c1-14(18(22)21-8-10-25-11-9-21)12-15-13-16(6-7-20(2,3)4)26-17(15)19(23)24-5/h13-14H,8-12H2,1-5H3/t14-/m1/s1. The highest BCUT2D eigenvalue weighted by atomic mass is 32.1. The van der Waals surface area contributed by atoms with Gasteiger partial charge in [-0.1, -0.05) is 18.8 Å². The van der Waals surface area contributed by atoms with Crippen molar-refractivity contribution in [2.45, 2.75) is 34.1 Å². The van der Waals surface area contributed by atoms with Gasteiger partial charge in [-0.2, -0.15) is 0 Å². The Morgan fingerprint density at radius 1 is 1.35 bits per heavy atom. The Labute approximate surface area is 159 Å². The molecule has 0 saturated carbocycles. The van der Waals surface area contributed by atoms with Crippen LogP contribution in [-0.2, 0) is 20.7 Å². The first-order valence-electron chi connectivity index (χ1n) is 8.82. The van der Waals surface area contributed by atoms with Crippen LogP contribution in [-0.4, -0.2) is 50.2 Å². The van der Waals surface area contributed by atoms with Crippen LogP contribution in [0.1, 0.15) is 47.8 Å². The van der Waals surface area contributed by atoms with E-state index in [0.29, 0.717) is 37.6 Å². The fourth-order valence-corrected chi connectivity index (χ4v) is 3.63. The summed E-state index contributed by atoms with van der Waals surface area (Å²) in [6.45, 7) is 10.4. The van der Waals surface area contributed by atoms with Crippen molar-refractivity contribution in [3.05, 3.63) is 21.4 Å². The second-order valence-corrected chi connectivity index (χ2v) is 8.55. The number of carbonyl (C=O) groups excluding carboxylic acids is 2. The predicted octanol–water partition coefficient (Wildman–Crippen LogP) is 2.97. The summed E-state index contributed by atoms with van der Waals surface area (Å²) in [7, 11) is 1.37. The van der Waals surface area contributed by atoms with Gasteiger partial charge in [0.2, 0.25) is 5.91 Å². The Balaban J connectivity index is 2.20. The number of thiophene rings is 1. The van der Waals surface area contributed by atoms with Crippen molar-refractivity contribution in [2.75, 3.05) is 33.4 Å². The maximum absolute atomic E-state index is 12.6. The van der Waals surface area contributed by atoms with E-state index in [1.807, 2.05) is 38.7 Å². The molecular formula is C20H27NO4S. The number of hydrogen-bond acceptors (Lipinski definition) is 5. The first-order chi connectivity index (χ1) is 12.2. The topological polar surface area (TPSA) is 55.8 Å². The van der Waals surface area contributed by atoms with E-state index in [9.17, 15) is 9.59 Å². The molecule has 0 unspecified atom stereocenters. The van der Waals surface area contributed by atoms with E-state index in [1.54, 1.807) is 0 Å². The van der Waals surface area contributed by atoms with Crippen LogP contribution in [0.4, 0.5) is 0 Å². The molecule has 1 atom stereocenters. The highest BCUT2D eigenvalue weighted by Gasteiger charge is 2.25. The quantitative estimate of drug-likeness (QED) is 0.598. The number of nitrogens with zero attached hydrogens (tertiary/aromatic N) is 1. The number of morpholine rings is 1. The number of carbonyl (C=O) groups is 2. The SMILES string of the molecule is COC(=O)c1sc(C#CC(C)(C)C)cc1C[C@@H](C)C(=O)N1CCOCC1. The molecule has 1 aliphatic rings. The van der Waals surface area contributed by atoms with Gasteiger partial charge >= 0.3 is 5.97 Å². The van der Waals surface area contributed by atoms with E-state index in [0.717, 1.165) is 10.4 Å². The van der Waals surface area contributed by atoms with Gasteiger partial charge in [-0.15, -0.1) is 11.3 Å². The summed E-state index contributed by atoms with van der Waals surface area (Å²) in [6, 6.07) is 1.92. The molecule has 2 rings (SSSR count). The Morgan fingerprint density at radius 2 is 2.00 bits per heavy atom. The van der Waals surface area contributed by atoms with E-state index in [4.69, 9.17) is 9.47 Å². The zero-order valence-electron chi connectivity index (χ0n) is 16.2. The van der Waals surface area contributed by atoms with Crippen molar-refractivity contribution in [1.29, 1.82) is 0 Å². The van der Waals surface area contributed by atoms with Crippen LogP contribution in [0, 0.1) is 23.2 Å². The molecule has 26 heavy (non-hydrogen) atoms. The normalized spacial score (nSPS) is 15.8. The molecule has 1 saturated heterocycles. The maximum Gasteiger partial charge on any atom is 0.348 e. The van der Waals surface area contributed by atoms with E-state index < -0.39 is 0 Å². The van der Waals surface area contributed by atoms with Gasteiger partial charge in [-0.25, -0.2) is 4.79 Å². The summed E-state index contributed by atoms with van der Waals surface area (Å²) in [4.78, 5) is 28.0. The van der Waals surface area contributed by atoms with Crippen LogP contribution in [0.2, 0.25) is 0 Å². The van der Waals surface area contributed by atoms with Crippen LogP contribution >= 0.6 is 11.3 Å². The lowest BCUT2D eigenvalue weighted by Gasteiger charge is -2.29. The Bertz CT molecular complexity index is 714. The Kier molecular flexibility index (Phi) is 6.85. The summed E-state index contributed by atoms with van der Waals surface area (Å²) in [5.41, 5.74) is 0.712. The minimum absolute atomic E-state index is 0.0950. The summed E-state index contributed by atoms with van der Waals surface area (Å²) in [6.07, 6.45) is 0.494. The van der Waals surface area contributed by atoms with Crippen molar-refractivity contribution < 1.29 is 19.1 Å². The average Bonchev–Trinajstić information content (AvgIpc) is 3.01. The lowest BCUT2D eigenvalue weighted by atomic mass is 9.97. The van der Waals surface area contributed by atoms with E-state index in [-0.39, 0.29) is 23.2 Å². The molecule has 142 valence electrons. The molecule has 5 nitrogen and oxygen atoms in total. The fraction of sp³-hybridized carbons (Fsp3) is 0.600.